The molecule has 0 aromatic heterocycles. The van der Waals surface area contributed by atoms with Gasteiger partial charge in [-0.2, -0.15) is 13.2 Å². The van der Waals surface area contributed by atoms with Gasteiger partial charge in [0.15, 0.2) is 0 Å². The van der Waals surface area contributed by atoms with Crippen LogP contribution in [0.15, 0.2) is 24.3 Å². The first-order valence-electron chi connectivity index (χ1n) is 5.60. The summed E-state index contributed by atoms with van der Waals surface area (Å²) in [4.78, 5) is 1.21. The van der Waals surface area contributed by atoms with Gasteiger partial charge in [-0.15, -0.1) is 0 Å². The van der Waals surface area contributed by atoms with Crippen molar-refractivity contribution in [1.29, 1.82) is 0 Å². The van der Waals surface area contributed by atoms with Gasteiger partial charge < -0.3 is 5.11 Å². The third-order valence-electron chi connectivity index (χ3n) is 2.47. The minimum absolute atomic E-state index is 0.0133. The first kappa shape index (κ1) is 15.8. The standard InChI is InChI=1S/C12H14F5NO/c13-11(14)8-18(4-5-19)7-9-2-1-3-10(6-9)12(15,16)17/h1-3,6,11,19H,4-5,7-8H2. The Labute approximate surface area is 107 Å². The number of halogens is 5. The van der Waals surface area contributed by atoms with E-state index in [9.17, 15) is 22.0 Å². The molecular weight excluding hydrogens is 269 g/mol. The molecule has 0 bridgehead atoms. The van der Waals surface area contributed by atoms with E-state index in [0.29, 0.717) is 0 Å². The van der Waals surface area contributed by atoms with Crippen LogP contribution in [0.4, 0.5) is 22.0 Å². The van der Waals surface area contributed by atoms with Gasteiger partial charge in [0.1, 0.15) is 0 Å². The van der Waals surface area contributed by atoms with Gasteiger partial charge in [0.05, 0.1) is 18.7 Å². The second-order valence-corrected chi connectivity index (χ2v) is 4.05. The fourth-order valence-corrected chi connectivity index (χ4v) is 1.68. The molecule has 0 unspecified atom stereocenters. The minimum Gasteiger partial charge on any atom is -0.395 e. The maximum Gasteiger partial charge on any atom is 0.416 e. The van der Waals surface area contributed by atoms with Crippen molar-refractivity contribution in [3.63, 3.8) is 0 Å². The highest BCUT2D eigenvalue weighted by Gasteiger charge is 2.30. The van der Waals surface area contributed by atoms with Crippen molar-refractivity contribution in [3.05, 3.63) is 35.4 Å². The topological polar surface area (TPSA) is 23.5 Å². The minimum atomic E-state index is -4.46. The normalized spacial score (nSPS) is 12.4. The summed E-state index contributed by atoms with van der Waals surface area (Å²) in [6, 6.07) is 4.52. The molecule has 1 aromatic rings. The van der Waals surface area contributed by atoms with E-state index in [1.54, 1.807) is 0 Å². The number of nitrogens with zero attached hydrogens (tertiary/aromatic N) is 1. The highest BCUT2D eigenvalue weighted by molar-refractivity contribution is 5.25. The summed E-state index contributed by atoms with van der Waals surface area (Å²) in [5.74, 6) is 0. The zero-order valence-corrected chi connectivity index (χ0v) is 10.00. The van der Waals surface area contributed by atoms with Crippen LogP contribution in [-0.2, 0) is 12.7 Å². The van der Waals surface area contributed by atoms with Gasteiger partial charge >= 0.3 is 6.18 Å². The number of alkyl halides is 5. The molecule has 108 valence electrons. The first-order chi connectivity index (χ1) is 8.82. The third-order valence-corrected chi connectivity index (χ3v) is 2.47. The van der Waals surface area contributed by atoms with Gasteiger partial charge in [-0.05, 0) is 11.6 Å². The van der Waals surface area contributed by atoms with E-state index in [0.717, 1.165) is 12.1 Å². The average molecular weight is 283 g/mol. The fourth-order valence-electron chi connectivity index (χ4n) is 1.68. The molecule has 0 radical (unpaired) electrons. The van der Waals surface area contributed by atoms with E-state index in [4.69, 9.17) is 5.11 Å². The highest BCUT2D eigenvalue weighted by Crippen LogP contribution is 2.29. The summed E-state index contributed by atoms with van der Waals surface area (Å²) in [5, 5.41) is 8.74. The Morgan fingerprint density at radius 1 is 1.21 bits per heavy atom. The van der Waals surface area contributed by atoms with Crippen LogP contribution in [0.5, 0.6) is 0 Å². The Kier molecular flexibility index (Phi) is 5.68. The van der Waals surface area contributed by atoms with Crippen molar-refractivity contribution in [2.75, 3.05) is 19.7 Å². The molecule has 7 heteroatoms. The SMILES string of the molecule is OCCN(Cc1cccc(C(F)(F)F)c1)CC(F)F. The molecular formula is C12H14F5NO. The number of hydrogen-bond donors (Lipinski definition) is 1. The van der Waals surface area contributed by atoms with Gasteiger partial charge in [0.25, 0.3) is 6.43 Å². The lowest BCUT2D eigenvalue weighted by Crippen LogP contribution is -2.31. The van der Waals surface area contributed by atoms with Gasteiger partial charge in [0, 0.05) is 13.1 Å². The largest absolute Gasteiger partial charge is 0.416 e. The third kappa shape index (κ3) is 5.52. The van der Waals surface area contributed by atoms with E-state index in [-0.39, 0.29) is 25.3 Å². The summed E-state index contributed by atoms with van der Waals surface area (Å²) in [6.07, 6.45) is -7.06. The van der Waals surface area contributed by atoms with Crippen molar-refractivity contribution < 1.29 is 27.1 Å². The van der Waals surface area contributed by atoms with Crippen LogP contribution in [-0.4, -0.2) is 36.1 Å². The Morgan fingerprint density at radius 2 is 1.89 bits per heavy atom. The van der Waals surface area contributed by atoms with Crippen LogP contribution >= 0.6 is 0 Å². The molecule has 1 rings (SSSR count). The Morgan fingerprint density at radius 3 is 2.42 bits per heavy atom. The van der Waals surface area contributed by atoms with Crippen molar-refractivity contribution in [2.45, 2.75) is 19.1 Å². The van der Waals surface area contributed by atoms with Crippen molar-refractivity contribution >= 4 is 0 Å². The Balaban J connectivity index is 2.79. The predicted octanol–water partition coefficient (Wildman–Crippen LogP) is 2.76. The average Bonchev–Trinajstić information content (AvgIpc) is 2.27. The van der Waals surface area contributed by atoms with Crippen LogP contribution in [0.25, 0.3) is 0 Å². The molecule has 0 saturated heterocycles. The summed E-state index contributed by atoms with van der Waals surface area (Å²) in [7, 11) is 0. The van der Waals surface area contributed by atoms with Crippen LogP contribution < -0.4 is 0 Å². The molecule has 0 saturated carbocycles. The van der Waals surface area contributed by atoms with Crippen molar-refractivity contribution in [3.8, 4) is 0 Å². The smallest absolute Gasteiger partial charge is 0.395 e. The molecule has 0 aliphatic carbocycles. The van der Waals surface area contributed by atoms with E-state index in [1.807, 2.05) is 0 Å². The lowest BCUT2D eigenvalue weighted by Gasteiger charge is -2.21. The van der Waals surface area contributed by atoms with Gasteiger partial charge in [0.2, 0.25) is 0 Å². The molecule has 1 N–H and O–H groups in total. The second-order valence-electron chi connectivity index (χ2n) is 4.05. The number of benzene rings is 1. The molecule has 19 heavy (non-hydrogen) atoms. The van der Waals surface area contributed by atoms with Gasteiger partial charge in [-0.1, -0.05) is 18.2 Å². The second kappa shape index (κ2) is 6.81. The Bertz CT molecular complexity index is 394. The van der Waals surface area contributed by atoms with Crippen molar-refractivity contribution in [1.82, 2.24) is 4.90 Å². The summed E-state index contributed by atoms with van der Waals surface area (Å²) in [6.45, 7) is -0.988. The van der Waals surface area contributed by atoms with Crippen molar-refractivity contribution in [2.24, 2.45) is 0 Å². The maximum atomic E-state index is 12.5. The van der Waals surface area contributed by atoms with E-state index < -0.39 is 24.7 Å². The van der Waals surface area contributed by atoms with Crippen LogP contribution in [0.3, 0.4) is 0 Å². The van der Waals surface area contributed by atoms with E-state index in [1.165, 1.54) is 17.0 Å². The molecule has 0 aliphatic heterocycles. The van der Waals surface area contributed by atoms with Crippen LogP contribution in [0.2, 0.25) is 0 Å². The molecule has 2 nitrogen and oxygen atoms in total. The fraction of sp³-hybridized carbons (Fsp3) is 0.500. The molecule has 0 heterocycles. The van der Waals surface area contributed by atoms with Crippen LogP contribution in [0, 0.1) is 0 Å². The zero-order valence-electron chi connectivity index (χ0n) is 10.00. The lowest BCUT2D eigenvalue weighted by atomic mass is 10.1. The monoisotopic (exact) mass is 283 g/mol. The number of aliphatic hydroxyl groups is 1. The van der Waals surface area contributed by atoms with Crippen LogP contribution in [0.1, 0.15) is 11.1 Å². The van der Waals surface area contributed by atoms with Gasteiger partial charge in [-0.3, -0.25) is 4.90 Å². The molecule has 1 aromatic carbocycles. The maximum absolute atomic E-state index is 12.5. The molecule has 0 atom stereocenters. The summed E-state index contributed by atoms with van der Waals surface area (Å²) < 4.78 is 62.0. The Hall–Kier alpha value is -1.21. The highest BCUT2D eigenvalue weighted by atomic mass is 19.4. The zero-order chi connectivity index (χ0) is 14.5. The summed E-state index contributed by atoms with van der Waals surface area (Å²) >= 11 is 0. The number of rotatable bonds is 6. The predicted molar refractivity (Wildman–Crippen MR) is 59.8 cm³/mol. The molecule has 0 amide bonds. The van der Waals surface area contributed by atoms with E-state index in [2.05, 4.69) is 0 Å². The van der Waals surface area contributed by atoms with E-state index >= 15 is 0 Å². The number of aliphatic hydroxyl groups excluding tert-OH is 1. The quantitative estimate of drug-likeness (QED) is 0.811. The lowest BCUT2D eigenvalue weighted by molar-refractivity contribution is -0.137. The molecule has 0 aliphatic rings. The number of hydrogen-bond acceptors (Lipinski definition) is 2. The molecule has 0 fully saturated rings. The van der Waals surface area contributed by atoms with Gasteiger partial charge in [-0.25, -0.2) is 8.78 Å². The molecule has 0 spiro atoms. The first-order valence-corrected chi connectivity index (χ1v) is 5.60. The summed E-state index contributed by atoms with van der Waals surface area (Å²) in [5.41, 5.74) is -0.532.